The molecule has 2 amide bonds. The lowest BCUT2D eigenvalue weighted by molar-refractivity contribution is -0.139. The molecule has 0 aliphatic carbocycles. The average Bonchev–Trinajstić information content (AvgIpc) is 2.61. The van der Waals surface area contributed by atoms with Crippen molar-refractivity contribution >= 4 is 17.5 Å². The fourth-order valence-corrected chi connectivity index (χ4v) is 2.48. The van der Waals surface area contributed by atoms with Crippen LogP contribution >= 0.6 is 0 Å². The maximum Gasteiger partial charge on any atom is 0.419 e. The van der Waals surface area contributed by atoms with Gasteiger partial charge in [0.15, 0.2) is 0 Å². The van der Waals surface area contributed by atoms with Crippen LogP contribution in [0.15, 0.2) is 42.5 Å². The predicted octanol–water partition coefficient (Wildman–Crippen LogP) is 4.17. The summed E-state index contributed by atoms with van der Waals surface area (Å²) in [5.74, 6) is -0.975. The van der Waals surface area contributed by atoms with E-state index in [1.54, 1.807) is 32.0 Å². The van der Waals surface area contributed by atoms with Crippen molar-refractivity contribution in [3.05, 3.63) is 59.2 Å². The Bertz CT molecular complexity index is 866. The van der Waals surface area contributed by atoms with Gasteiger partial charge in [-0.1, -0.05) is 18.2 Å². The zero-order chi connectivity index (χ0) is 20.9. The van der Waals surface area contributed by atoms with Gasteiger partial charge >= 0.3 is 6.18 Å². The number of nitrogens with one attached hydrogen (secondary N) is 2. The number of anilines is 1. The number of ether oxygens (including phenoxy) is 1. The second-order valence-corrected chi connectivity index (χ2v) is 6.39. The zero-order valence-corrected chi connectivity index (χ0v) is 15.7. The Morgan fingerprint density at radius 2 is 1.82 bits per heavy atom. The SMILES string of the molecule is CC(=O)Nc1cc(C(=O)NC(C)COc2ccccc2C(F)(F)F)ccc1C. The molecule has 2 rings (SSSR count). The topological polar surface area (TPSA) is 67.4 Å². The van der Waals surface area contributed by atoms with Crippen LogP contribution in [0.5, 0.6) is 5.75 Å². The Balaban J connectivity index is 2.01. The molecule has 0 aromatic heterocycles. The number of alkyl halides is 3. The summed E-state index contributed by atoms with van der Waals surface area (Å²) in [5, 5.41) is 5.31. The lowest BCUT2D eigenvalue weighted by Gasteiger charge is -2.18. The van der Waals surface area contributed by atoms with Crippen molar-refractivity contribution in [3.8, 4) is 5.75 Å². The molecule has 0 heterocycles. The zero-order valence-electron chi connectivity index (χ0n) is 15.7. The molecule has 1 unspecified atom stereocenters. The standard InChI is InChI=1S/C20H21F3N2O3/c1-12-8-9-15(10-17(12)25-14(3)26)19(27)24-13(2)11-28-18-7-5-4-6-16(18)20(21,22)23/h4-10,13H,11H2,1-3H3,(H,24,27)(H,25,26). The highest BCUT2D eigenvalue weighted by Gasteiger charge is 2.34. The third-order valence-electron chi connectivity index (χ3n) is 3.87. The molecule has 0 bridgehead atoms. The molecule has 0 fully saturated rings. The molecule has 0 aliphatic rings. The molecule has 0 radical (unpaired) electrons. The third-order valence-corrected chi connectivity index (χ3v) is 3.87. The lowest BCUT2D eigenvalue weighted by atomic mass is 10.1. The molecule has 0 aliphatic heterocycles. The van der Waals surface area contributed by atoms with Crippen LogP contribution in [0.4, 0.5) is 18.9 Å². The fourth-order valence-electron chi connectivity index (χ4n) is 2.48. The average molecular weight is 394 g/mol. The number of para-hydroxylation sites is 1. The minimum Gasteiger partial charge on any atom is -0.491 e. The van der Waals surface area contributed by atoms with Gasteiger partial charge in [0.1, 0.15) is 12.4 Å². The Kier molecular flexibility index (Phi) is 6.66. The maximum absolute atomic E-state index is 13.0. The van der Waals surface area contributed by atoms with Gasteiger partial charge in [-0.2, -0.15) is 13.2 Å². The van der Waals surface area contributed by atoms with Crippen LogP contribution in [0.2, 0.25) is 0 Å². The van der Waals surface area contributed by atoms with Crippen LogP contribution in [0.1, 0.15) is 35.3 Å². The first-order valence-corrected chi connectivity index (χ1v) is 8.56. The molecule has 0 saturated carbocycles. The highest BCUT2D eigenvalue weighted by molar-refractivity contribution is 5.97. The van der Waals surface area contributed by atoms with Crippen molar-refractivity contribution in [1.29, 1.82) is 0 Å². The first-order valence-electron chi connectivity index (χ1n) is 8.56. The number of aryl methyl sites for hydroxylation is 1. The first kappa shape index (κ1) is 21.3. The van der Waals surface area contributed by atoms with E-state index in [2.05, 4.69) is 10.6 Å². The monoisotopic (exact) mass is 394 g/mol. The number of halogens is 3. The van der Waals surface area contributed by atoms with E-state index in [4.69, 9.17) is 4.74 Å². The van der Waals surface area contributed by atoms with Gasteiger partial charge in [0, 0.05) is 18.2 Å². The summed E-state index contributed by atoms with van der Waals surface area (Å²) in [6.07, 6.45) is -4.52. The van der Waals surface area contributed by atoms with E-state index in [-0.39, 0.29) is 18.3 Å². The summed E-state index contributed by atoms with van der Waals surface area (Å²) in [6.45, 7) is 4.65. The smallest absolute Gasteiger partial charge is 0.419 e. The summed E-state index contributed by atoms with van der Waals surface area (Å²) in [5.41, 5.74) is 0.763. The molecular formula is C20H21F3N2O3. The van der Waals surface area contributed by atoms with Crippen LogP contribution in [0.3, 0.4) is 0 Å². The summed E-state index contributed by atoms with van der Waals surface area (Å²) in [6, 6.07) is 9.20. The number of hydrogen-bond acceptors (Lipinski definition) is 3. The van der Waals surface area contributed by atoms with Gasteiger partial charge in [-0.15, -0.1) is 0 Å². The molecule has 1 atom stereocenters. The van der Waals surface area contributed by atoms with Gasteiger partial charge in [-0.3, -0.25) is 9.59 Å². The van der Waals surface area contributed by atoms with Crippen molar-refractivity contribution in [1.82, 2.24) is 5.32 Å². The van der Waals surface area contributed by atoms with Crippen molar-refractivity contribution in [2.24, 2.45) is 0 Å². The Hall–Kier alpha value is -3.03. The minimum atomic E-state index is -4.52. The van der Waals surface area contributed by atoms with Crippen molar-refractivity contribution < 1.29 is 27.5 Å². The molecule has 8 heteroatoms. The van der Waals surface area contributed by atoms with Gasteiger partial charge in [0.2, 0.25) is 5.91 Å². The quantitative estimate of drug-likeness (QED) is 0.773. The number of carbonyl (C=O) groups is 2. The van der Waals surface area contributed by atoms with E-state index >= 15 is 0 Å². The van der Waals surface area contributed by atoms with Gasteiger partial charge < -0.3 is 15.4 Å². The van der Waals surface area contributed by atoms with E-state index < -0.39 is 23.7 Å². The van der Waals surface area contributed by atoms with Crippen LogP contribution in [0.25, 0.3) is 0 Å². The summed E-state index contributed by atoms with van der Waals surface area (Å²) >= 11 is 0. The molecule has 2 aromatic carbocycles. The van der Waals surface area contributed by atoms with Gasteiger partial charge in [0.25, 0.3) is 5.91 Å². The summed E-state index contributed by atoms with van der Waals surface area (Å²) in [4.78, 5) is 23.6. The number of amides is 2. The molecule has 2 N–H and O–H groups in total. The number of hydrogen-bond donors (Lipinski definition) is 2. The van der Waals surface area contributed by atoms with Gasteiger partial charge in [-0.25, -0.2) is 0 Å². The third kappa shape index (κ3) is 5.73. The van der Waals surface area contributed by atoms with Crippen LogP contribution in [-0.2, 0) is 11.0 Å². The van der Waals surface area contributed by atoms with Gasteiger partial charge in [-0.05, 0) is 43.7 Å². The number of benzene rings is 2. The number of rotatable bonds is 6. The second kappa shape index (κ2) is 8.77. The van der Waals surface area contributed by atoms with Gasteiger partial charge in [0.05, 0.1) is 11.6 Å². The fraction of sp³-hybridized carbons (Fsp3) is 0.300. The lowest BCUT2D eigenvalue weighted by Crippen LogP contribution is -2.37. The maximum atomic E-state index is 13.0. The first-order chi connectivity index (χ1) is 13.1. The van der Waals surface area contributed by atoms with Crippen LogP contribution in [0, 0.1) is 6.92 Å². The predicted molar refractivity (Wildman–Crippen MR) is 99.3 cm³/mol. The van der Waals surface area contributed by atoms with E-state index in [0.29, 0.717) is 11.3 Å². The van der Waals surface area contributed by atoms with E-state index in [1.165, 1.54) is 25.1 Å². The Morgan fingerprint density at radius 3 is 2.46 bits per heavy atom. The number of carbonyl (C=O) groups excluding carboxylic acids is 2. The molecular weight excluding hydrogens is 373 g/mol. The molecule has 0 spiro atoms. The molecule has 5 nitrogen and oxygen atoms in total. The highest BCUT2D eigenvalue weighted by Crippen LogP contribution is 2.35. The molecule has 28 heavy (non-hydrogen) atoms. The summed E-state index contributed by atoms with van der Waals surface area (Å²) < 4.78 is 44.2. The largest absolute Gasteiger partial charge is 0.491 e. The normalized spacial score (nSPS) is 12.2. The van der Waals surface area contributed by atoms with Crippen molar-refractivity contribution in [3.63, 3.8) is 0 Å². The Labute approximate surface area is 160 Å². The minimum absolute atomic E-state index is 0.136. The van der Waals surface area contributed by atoms with Crippen molar-refractivity contribution in [2.75, 3.05) is 11.9 Å². The Morgan fingerprint density at radius 1 is 1.14 bits per heavy atom. The van der Waals surface area contributed by atoms with Crippen LogP contribution < -0.4 is 15.4 Å². The van der Waals surface area contributed by atoms with E-state index in [1.807, 2.05) is 0 Å². The highest BCUT2D eigenvalue weighted by atomic mass is 19.4. The second-order valence-electron chi connectivity index (χ2n) is 6.39. The molecule has 0 saturated heterocycles. The van der Waals surface area contributed by atoms with Crippen LogP contribution in [-0.4, -0.2) is 24.5 Å². The summed E-state index contributed by atoms with van der Waals surface area (Å²) in [7, 11) is 0. The van der Waals surface area contributed by atoms with Crippen molar-refractivity contribution in [2.45, 2.75) is 33.0 Å². The van der Waals surface area contributed by atoms with E-state index in [9.17, 15) is 22.8 Å². The molecule has 150 valence electrons. The van der Waals surface area contributed by atoms with E-state index in [0.717, 1.165) is 11.6 Å². The molecule has 2 aromatic rings.